The molecule has 0 aromatic heterocycles. The summed E-state index contributed by atoms with van der Waals surface area (Å²) in [7, 11) is 0. The first kappa shape index (κ1) is 7.63. The van der Waals surface area contributed by atoms with Gasteiger partial charge < -0.3 is 10.5 Å². The molecule has 1 atom stereocenters. The van der Waals surface area contributed by atoms with Gasteiger partial charge in [0.1, 0.15) is 0 Å². The normalized spacial score (nSPS) is 13.4. The molecule has 0 aliphatic rings. The maximum absolute atomic E-state index is 8.39. The van der Waals surface area contributed by atoms with Crippen LogP contribution in [0, 0.1) is 11.3 Å². The molecule has 0 saturated heterocycles. The van der Waals surface area contributed by atoms with E-state index < -0.39 is 0 Å². The van der Waals surface area contributed by atoms with Gasteiger partial charge in [-0.15, -0.1) is 0 Å². The Labute approximate surface area is 50.0 Å². The van der Waals surface area contributed by atoms with Crippen molar-refractivity contribution in [3.8, 4) is 0 Å². The van der Waals surface area contributed by atoms with Crippen molar-refractivity contribution in [2.45, 2.75) is 20.3 Å². The number of aliphatic hydroxyl groups excluding tert-OH is 1. The highest BCUT2D eigenvalue weighted by Gasteiger charge is 2.00. The van der Waals surface area contributed by atoms with Crippen LogP contribution in [-0.4, -0.2) is 17.4 Å². The molecule has 2 heteroatoms. The third kappa shape index (κ3) is 2.75. The Bertz CT molecular complexity index is 80.6. The molecule has 8 heavy (non-hydrogen) atoms. The fourth-order valence-electron chi connectivity index (χ4n) is 0.410. The van der Waals surface area contributed by atoms with E-state index >= 15 is 0 Å². The van der Waals surface area contributed by atoms with E-state index in [9.17, 15) is 0 Å². The summed E-state index contributed by atoms with van der Waals surface area (Å²) in [4.78, 5) is 0. The lowest BCUT2D eigenvalue weighted by Gasteiger charge is -2.04. The lowest BCUT2D eigenvalue weighted by atomic mass is 10.0. The van der Waals surface area contributed by atoms with Crippen molar-refractivity contribution >= 4 is 5.71 Å². The van der Waals surface area contributed by atoms with Crippen molar-refractivity contribution in [2.75, 3.05) is 6.61 Å². The first-order valence-electron chi connectivity index (χ1n) is 2.84. The molecule has 1 unspecified atom stereocenters. The molecule has 0 aliphatic heterocycles. The van der Waals surface area contributed by atoms with E-state index in [1.54, 1.807) is 6.92 Å². The third-order valence-electron chi connectivity index (χ3n) is 1.30. The fraction of sp³-hybridized carbons (Fsp3) is 0.833. The number of hydrogen-bond acceptors (Lipinski definition) is 2. The molecule has 0 aliphatic carbocycles. The van der Waals surface area contributed by atoms with Gasteiger partial charge in [-0.1, -0.05) is 6.92 Å². The molecule has 0 spiro atoms. The Balaban J connectivity index is 3.32. The Morgan fingerprint density at radius 1 is 1.75 bits per heavy atom. The molecule has 0 bridgehead atoms. The minimum Gasteiger partial charge on any atom is -0.396 e. The first-order chi connectivity index (χ1) is 3.68. The summed E-state index contributed by atoms with van der Waals surface area (Å²) in [5.74, 6) is 0.250. The zero-order valence-electron chi connectivity index (χ0n) is 5.44. The van der Waals surface area contributed by atoms with Crippen molar-refractivity contribution in [1.29, 1.82) is 5.41 Å². The highest BCUT2D eigenvalue weighted by atomic mass is 16.3. The monoisotopic (exact) mass is 115 g/mol. The summed E-state index contributed by atoms with van der Waals surface area (Å²) in [6.07, 6.45) is 0.718. The largest absolute Gasteiger partial charge is 0.396 e. The van der Waals surface area contributed by atoms with E-state index in [4.69, 9.17) is 10.5 Å². The van der Waals surface area contributed by atoms with Crippen LogP contribution >= 0.6 is 0 Å². The van der Waals surface area contributed by atoms with Crippen molar-refractivity contribution in [1.82, 2.24) is 0 Å². The van der Waals surface area contributed by atoms with E-state index in [1.165, 1.54) is 0 Å². The maximum atomic E-state index is 8.39. The Morgan fingerprint density at radius 3 is 2.38 bits per heavy atom. The quantitative estimate of drug-likeness (QED) is 0.530. The van der Waals surface area contributed by atoms with Gasteiger partial charge in [0.2, 0.25) is 0 Å². The van der Waals surface area contributed by atoms with Crippen molar-refractivity contribution in [2.24, 2.45) is 5.92 Å². The van der Waals surface area contributed by atoms with Crippen LogP contribution in [0.3, 0.4) is 0 Å². The molecule has 0 rings (SSSR count). The number of rotatable bonds is 3. The van der Waals surface area contributed by atoms with Crippen LogP contribution in [0.25, 0.3) is 0 Å². The molecule has 0 saturated carbocycles. The predicted octanol–water partition coefficient (Wildman–Crippen LogP) is 1.04. The van der Waals surface area contributed by atoms with Crippen LogP contribution < -0.4 is 0 Å². The van der Waals surface area contributed by atoms with Gasteiger partial charge in [-0.2, -0.15) is 0 Å². The van der Waals surface area contributed by atoms with Gasteiger partial charge in [0.25, 0.3) is 0 Å². The van der Waals surface area contributed by atoms with Crippen LogP contribution in [0.2, 0.25) is 0 Å². The van der Waals surface area contributed by atoms with E-state index in [0.29, 0.717) is 5.71 Å². The zero-order chi connectivity index (χ0) is 6.57. The van der Waals surface area contributed by atoms with Gasteiger partial charge in [-0.05, 0) is 19.3 Å². The average molecular weight is 115 g/mol. The topological polar surface area (TPSA) is 44.1 Å². The predicted molar refractivity (Wildman–Crippen MR) is 34.3 cm³/mol. The molecule has 0 aromatic carbocycles. The summed E-state index contributed by atoms with van der Waals surface area (Å²) in [5, 5.41) is 15.5. The van der Waals surface area contributed by atoms with E-state index in [-0.39, 0.29) is 12.5 Å². The minimum absolute atomic E-state index is 0.192. The second kappa shape index (κ2) is 3.61. The molecule has 0 amide bonds. The molecule has 0 aromatic rings. The highest BCUT2D eigenvalue weighted by molar-refractivity contribution is 5.80. The smallest absolute Gasteiger partial charge is 0.0437 e. The van der Waals surface area contributed by atoms with Gasteiger partial charge in [0.05, 0.1) is 0 Å². The number of aliphatic hydroxyl groups is 1. The summed E-state index contributed by atoms with van der Waals surface area (Å²) in [6.45, 7) is 3.90. The van der Waals surface area contributed by atoms with Crippen molar-refractivity contribution < 1.29 is 5.11 Å². The SMILES string of the molecule is CC(=N)C(C)CCO. The van der Waals surface area contributed by atoms with Crippen LogP contribution in [0.5, 0.6) is 0 Å². The van der Waals surface area contributed by atoms with E-state index in [1.807, 2.05) is 6.92 Å². The Morgan fingerprint density at radius 2 is 2.25 bits per heavy atom. The summed E-state index contributed by atoms with van der Waals surface area (Å²) >= 11 is 0. The van der Waals surface area contributed by atoms with Crippen molar-refractivity contribution in [3.63, 3.8) is 0 Å². The second-order valence-corrected chi connectivity index (χ2v) is 2.10. The van der Waals surface area contributed by atoms with Crippen LogP contribution in [0.1, 0.15) is 20.3 Å². The number of hydrogen-bond donors (Lipinski definition) is 2. The van der Waals surface area contributed by atoms with E-state index in [0.717, 1.165) is 6.42 Å². The molecule has 0 radical (unpaired) electrons. The Kier molecular flexibility index (Phi) is 3.44. The van der Waals surface area contributed by atoms with E-state index in [2.05, 4.69) is 0 Å². The third-order valence-corrected chi connectivity index (χ3v) is 1.30. The molecule has 2 nitrogen and oxygen atoms in total. The maximum Gasteiger partial charge on any atom is 0.0437 e. The fourth-order valence-corrected chi connectivity index (χ4v) is 0.410. The van der Waals surface area contributed by atoms with Gasteiger partial charge in [0.15, 0.2) is 0 Å². The molecular weight excluding hydrogens is 102 g/mol. The molecule has 0 fully saturated rings. The molecule has 48 valence electrons. The van der Waals surface area contributed by atoms with Crippen molar-refractivity contribution in [3.05, 3.63) is 0 Å². The second-order valence-electron chi connectivity index (χ2n) is 2.10. The standard InChI is InChI=1S/C6H13NO/c1-5(3-4-8)6(2)7/h5,7-8H,3-4H2,1-2H3. The summed E-state index contributed by atoms with van der Waals surface area (Å²) in [6, 6.07) is 0. The summed E-state index contributed by atoms with van der Waals surface area (Å²) < 4.78 is 0. The van der Waals surface area contributed by atoms with Gasteiger partial charge >= 0.3 is 0 Å². The molecule has 0 heterocycles. The first-order valence-corrected chi connectivity index (χ1v) is 2.84. The van der Waals surface area contributed by atoms with Gasteiger partial charge in [-0.3, -0.25) is 0 Å². The van der Waals surface area contributed by atoms with Gasteiger partial charge in [0, 0.05) is 12.3 Å². The highest BCUT2D eigenvalue weighted by Crippen LogP contribution is 2.00. The zero-order valence-corrected chi connectivity index (χ0v) is 5.44. The lowest BCUT2D eigenvalue weighted by molar-refractivity contribution is 0.277. The van der Waals surface area contributed by atoms with Gasteiger partial charge in [-0.25, -0.2) is 0 Å². The molecule has 2 N–H and O–H groups in total. The van der Waals surface area contributed by atoms with Crippen LogP contribution in [-0.2, 0) is 0 Å². The lowest BCUT2D eigenvalue weighted by Crippen LogP contribution is -2.06. The molecular formula is C6H13NO. The Hall–Kier alpha value is -0.370. The van der Waals surface area contributed by atoms with Crippen LogP contribution in [0.4, 0.5) is 0 Å². The van der Waals surface area contributed by atoms with Crippen LogP contribution in [0.15, 0.2) is 0 Å². The minimum atomic E-state index is 0.192. The number of nitrogens with one attached hydrogen (secondary N) is 1. The average Bonchev–Trinajstić information content (AvgIpc) is 1.67. The summed E-state index contributed by atoms with van der Waals surface area (Å²) in [5.41, 5.74) is 0.652.